The normalized spacial score (nSPS) is 22.7. The van der Waals surface area contributed by atoms with Gasteiger partial charge in [0.1, 0.15) is 0 Å². The maximum absolute atomic E-state index is 11.5. The largest absolute Gasteiger partial charge is 0.396 e. The second-order valence-electron chi connectivity index (χ2n) is 3.07. The van der Waals surface area contributed by atoms with Crippen LogP contribution in [0.2, 0.25) is 0 Å². The summed E-state index contributed by atoms with van der Waals surface area (Å²) in [6, 6.07) is 0. The maximum Gasteiger partial charge on any atom is 0.228 e. The van der Waals surface area contributed by atoms with Gasteiger partial charge in [0.05, 0.1) is 11.4 Å². The molecule has 1 saturated heterocycles. The highest BCUT2D eigenvalue weighted by Crippen LogP contribution is 2.31. The minimum atomic E-state index is 0.116. The fraction of sp³-hybridized carbons (Fsp3) is 0.375. The molecule has 2 rings (SSSR count). The van der Waals surface area contributed by atoms with Crippen molar-refractivity contribution >= 4 is 41.2 Å². The molecule has 1 fully saturated rings. The lowest BCUT2D eigenvalue weighted by atomic mass is 10.4. The summed E-state index contributed by atoms with van der Waals surface area (Å²) >= 11 is 5.79. The van der Waals surface area contributed by atoms with Crippen LogP contribution in [-0.2, 0) is 4.79 Å². The molecular formula is C8H10N2OS2. The molecule has 1 aliphatic heterocycles. The van der Waals surface area contributed by atoms with Gasteiger partial charge < -0.3 is 10.6 Å². The van der Waals surface area contributed by atoms with E-state index in [4.69, 9.17) is 5.73 Å². The Morgan fingerprint density at radius 2 is 2.38 bits per heavy atom. The lowest BCUT2D eigenvalue weighted by molar-refractivity contribution is -0.117. The zero-order valence-electron chi connectivity index (χ0n) is 6.93. The fourth-order valence-corrected chi connectivity index (χ4v) is 2.49. The zero-order chi connectivity index (χ0) is 9.42. The van der Waals surface area contributed by atoms with Crippen LogP contribution in [0.4, 0.5) is 11.4 Å². The summed E-state index contributed by atoms with van der Waals surface area (Å²) in [4.78, 5) is 13.2. The van der Waals surface area contributed by atoms with E-state index in [9.17, 15) is 4.79 Å². The molecule has 0 aromatic carbocycles. The van der Waals surface area contributed by atoms with Gasteiger partial charge in [0.2, 0.25) is 5.91 Å². The Bertz CT molecular complexity index is 337. The van der Waals surface area contributed by atoms with Crippen molar-refractivity contribution in [2.24, 2.45) is 0 Å². The standard InChI is InChI=1S/C8H10N2OS2/c9-6-3-13-4-7(6)10-2-5(12)1-8(10)11/h3-5,12H,1-2,9H2. The molecule has 1 aliphatic rings. The first-order valence-corrected chi connectivity index (χ1v) is 5.44. The van der Waals surface area contributed by atoms with Gasteiger partial charge in [0.25, 0.3) is 0 Å². The molecule has 1 aromatic rings. The van der Waals surface area contributed by atoms with Crippen LogP contribution in [-0.4, -0.2) is 17.7 Å². The third-order valence-electron chi connectivity index (χ3n) is 2.07. The van der Waals surface area contributed by atoms with E-state index in [-0.39, 0.29) is 11.2 Å². The van der Waals surface area contributed by atoms with Gasteiger partial charge in [0.15, 0.2) is 0 Å². The third kappa shape index (κ3) is 1.53. The molecule has 0 saturated carbocycles. The van der Waals surface area contributed by atoms with Crippen LogP contribution < -0.4 is 10.6 Å². The first-order valence-electron chi connectivity index (χ1n) is 3.98. The number of nitrogen functional groups attached to an aromatic ring is 1. The van der Waals surface area contributed by atoms with Crippen LogP contribution in [0.3, 0.4) is 0 Å². The molecule has 5 heteroatoms. The van der Waals surface area contributed by atoms with E-state index in [1.54, 1.807) is 4.90 Å². The lowest BCUT2D eigenvalue weighted by Gasteiger charge is -2.14. The van der Waals surface area contributed by atoms with E-state index in [1.165, 1.54) is 11.3 Å². The van der Waals surface area contributed by atoms with Gasteiger partial charge in [-0.3, -0.25) is 4.79 Å². The van der Waals surface area contributed by atoms with Crippen LogP contribution >= 0.6 is 24.0 Å². The summed E-state index contributed by atoms with van der Waals surface area (Å²) in [5.41, 5.74) is 7.24. The van der Waals surface area contributed by atoms with Crippen molar-refractivity contribution in [2.75, 3.05) is 17.2 Å². The van der Waals surface area contributed by atoms with Gasteiger partial charge in [-0.1, -0.05) is 0 Å². The molecule has 1 aromatic heterocycles. The molecule has 2 heterocycles. The van der Waals surface area contributed by atoms with Crippen LogP contribution in [0, 0.1) is 0 Å². The number of thiol groups is 1. The monoisotopic (exact) mass is 214 g/mol. The molecule has 0 aliphatic carbocycles. The summed E-state index contributed by atoms with van der Waals surface area (Å²) in [6.45, 7) is 0.670. The lowest BCUT2D eigenvalue weighted by Crippen LogP contribution is -2.24. The first-order chi connectivity index (χ1) is 6.18. The number of hydrogen-bond donors (Lipinski definition) is 2. The Balaban J connectivity index is 2.27. The molecule has 0 spiro atoms. The molecule has 13 heavy (non-hydrogen) atoms. The van der Waals surface area contributed by atoms with E-state index in [0.29, 0.717) is 18.7 Å². The number of nitrogens with two attached hydrogens (primary N) is 1. The average molecular weight is 214 g/mol. The van der Waals surface area contributed by atoms with Gasteiger partial charge >= 0.3 is 0 Å². The summed E-state index contributed by atoms with van der Waals surface area (Å²) in [5.74, 6) is 0.116. The average Bonchev–Trinajstić information content (AvgIpc) is 2.58. The van der Waals surface area contributed by atoms with E-state index < -0.39 is 0 Å². The molecule has 0 radical (unpaired) electrons. The van der Waals surface area contributed by atoms with Gasteiger partial charge in [-0.15, -0.1) is 11.3 Å². The number of anilines is 2. The van der Waals surface area contributed by atoms with Crippen molar-refractivity contribution in [1.29, 1.82) is 0 Å². The number of thiophene rings is 1. The summed E-state index contributed by atoms with van der Waals surface area (Å²) in [7, 11) is 0. The van der Waals surface area contributed by atoms with Gasteiger partial charge in [-0.25, -0.2) is 0 Å². The highest BCUT2D eigenvalue weighted by atomic mass is 32.1. The number of rotatable bonds is 1. The Morgan fingerprint density at radius 1 is 1.62 bits per heavy atom. The van der Waals surface area contributed by atoms with E-state index in [2.05, 4.69) is 12.6 Å². The van der Waals surface area contributed by atoms with E-state index in [0.717, 1.165) is 5.69 Å². The molecule has 1 unspecified atom stereocenters. The Kier molecular flexibility index (Phi) is 2.21. The Labute approximate surface area is 85.9 Å². The predicted octanol–water partition coefficient (Wildman–Crippen LogP) is 1.37. The number of hydrogen-bond acceptors (Lipinski definition) is 4. The van der Waals surface area contributed by atoms with Crippen LogP contribution in [0.5, 0.6) is 0 Å². The van der Waals surface area contributed by atoms with Crippen LogP contribution in [0.25, 0.3) is 0 Å². The topological polar surface area (TPSA) is 46.3 Å². The highest BCUT2D eigenvalue weighted by Gasteiger charge is 2.29. The van der Waals surface area contributed by atoms with Crippen molar-refractivity contribution in [3.05, 3.63) is 10.8 Å². The second-order valence-corrected chi connectivity index (χ2v) is 4.55. The first kappa shape index (κ1) is 8.90. The third-order valence-corrected chi connectivity index (χ3v) is 3.16. The number of carbonyl (C=O) groups is 1. The SMILES string of the molecule is Nc1cscc1N1CC(S)CC1=O. The zero-order valence-corrected chi connectivity index (χ0v) is 8.65. The molecular weight excluding hydrogens is 204 g/mol. The number of nitrogens with zero attached hydrogens (tertiary/aromatic N) is 1. The van der Waals surface area contributed by atoms with Gasteiger partial charge in [-0.2, -0.15) is 12.6 Å². The van der Waals surface area contributed by atoms with Crippen molar-refractivity contribution in [3.8, 4) is 0 Å². The van der Waals surface area contributed by atoms with Crippen LogP contribution in [0.15, 0.2) is 10.8 Å². The summed E-state index contributed by atoms with van der Waals surface area (Å²) in [5, 5.41) is 3.89. The minimum absolute atomic E-state index is 0.116. The molecule has 1 atom stereocenters. The van der Waals surface area contributed by atoms with Crippen molar-refractivity contribution in [2.45, 2.75) is 11.7 Å². The Morgan fingerprint density at radius 3 is 2.85 bits per heavy atom. The summed E-state index contributed by atoms with van der Waals surface area (Å²) in [6.07, 6.45) is 0.512. The second kappa shape index (κ2) is 3.23. The minimum Gasteiger partial charge on any atom is -0.396 e. The molecule has 0 bridgehead atoms. The highest BCUT2D eigenvalue weighted by molar-refractivity contribution is 7.81. The Hall–Kier alpha value is -0.680. The summed E-state index contributed by atoms with van der Waals surface area (Å²) < 4.78 is 0. The van der Waals surface area contributed by atoms with Gasteiger partial charge in [0, 0.05) is 29.0 Å². The quantitative estimate of drug-likeness (QED) is 0.693. The molecule has 1 amide bonds. The smallest absolute Gasteiger partial charge is 0.228 e. The molecule has 2 N–H and O–H groups in total. The van der Waals surface area contributed by atoms with Crippen molar-refractivity contribution < 1.29 is 4.79 Å². The number of carbonyl (C=O) groups excluding carboxylic acids is 1. The number of amides is 1. The predicted molar refractivity (Wildman–Crippen MR) is 58.5 cm³/mol. The maximum atomic E-state index is 11.5. The molecule has 70 valence electrons. The van der Waals surface area contributed by atoms with E-state index in [1.807, 2.05) is 10.8 Å². The van der Waals surface area contributed by atoms with Crippen molar-refractivity contribution in [3.63, 3.8) is 0 Å². The van der Waals surface area contributed by atoms with E-state index >= 15 is 0 Å². The van der Waals surface area contributed by atoms with Crippen molar-refractivity contribution in [1.82, 2.24) is 0 Å². The van der Waals surface area contributed by atoms with Crippen LogP contribution in [0.1, 0.15) is 6.42 Å². The van der Waals surface area contributed by atoms with Gasteiger partial charge in [-0.05, 0) is 0 Å². The fourth-order valence-electron chi connectivity index (χ4n) is 1.44. The molecule has 3 nitrogen and oxygen atoms in total.